The molecule has 2 N–H and O–H groups in total. The van der Waals surface area contributed by atoms with Crippen LogP contribution >= 0.6 is 0 Å². The van der Waals surface area contributed by atoms with Gasteiger partial charge in [-0.15, -0.1) is 0 Å². The minimum Gasteiger partial charge on any atom is -0.405 e. The van der Waals surface area contributed by atoms with E-state index >= 15 is 0 Å². The maximum absolute atomic E-state index is 5.66. The molecule has 0 aromatic heterocycles. The molecule has 4 aromatic carbocycles. The van der Waals surface area contributed by atoms with Crippen LogP contribution in [0, 0.1) is 0 Å². The summed E-state index contributed by atoms with van der Waals surface area (Å²) in [6.07, 6.45) is 43.0. The molecule has 1 spiro atoms. The first-order chi connectivity index (χ1) is 27.7. The van der Waals surface area contributed by atoms with Crippen LogP contribution in [0.4, 0.5) is 5.69 Å². The number of hydrogen-bond donors (Lipinski definition) is 1. The van der Waals surface area contributed by atoms with Gasteiger partial charge in [-0.2, -0.15) is 0 Å². The van der Waals surface area contributed by atoms with Crippen molar-refractivity contribution in [3.05, 3.63) is 263 Å². The fraction of sp³-hybridized carbons (Fsp3) is 0.111. The number of nitrogens with two attached hydrogens (primary N) is 1. The molecule has 0 bridgehead atoms. The van der Waals surface area contributed by atoms with E-state index < -0.39 is 5.41 Å². The minimum absolute atomic E-state index is 0.0405. The predicted molar refractivity (Wildman–Crippen MR) is 240 cm³/mol. The first-order valence-corrected chi connectivity index (χ1v) is 19.7. The van der Waals surface area contributed by atoms with Gasteiger partial charge in [0.2, 0.25) is 0 Å². The molecule has 3 aliphatic carbocycles. The highest BCUT2D eigenvalue weighted by Gasteiger charge is 2.52. The van der Waals surface area contributed by atoms with Gasteiger partial charge in [0.1, 0.15) is 0 Å². The number of rotatable bonds is 8. The lowest BCUT2D eigenvalue weighted by molar-refractivity contribution is 0.683. The Bertz CT molecular complexity index is 2530. The van der Waals surface area contributed by atoms with Crippen LogP contribution in [0.5, 0.6) is 0 Å². The second-order valence-corrected chi connectivity index (χ2v) is 14.5. The highest BCUT2D eigenvalue weighted by atomic mass is 15.2. The molecular weight excluding hydrogens is 677 g/mol. The zero-order valence-electron chi connectivity index (χ0n) is 32.1. The summed E-state index contributed by atoms with van der Waals surface area (Å²) in [5.74, 6) is -0.0405. The maximum Gasteiger partial charge on any atom is 0.0750 e. The predicted octanol–water partition coefficient (Wildman–Crippen LogP) is 13.0. The smallest absolute Gasteiger partial charge is 0.0750 e. The van der Waals surface area contributed by atoms with Crippen LogP contribution in [0.3, 0.4) is 0 Å². The Morgan fingerprint density at radius 2 is 1.57 bits per heavy atom. The van der Waals surface area contributed by atoms with E-state index in [4.69, 9.17) is 5.73 Å². The fourth-order valence-corrected chi connectivity index (χ4v) is 9.03. The number of fused-ring (bicyclic) bond motifs is 9. The highest BCUT2D eigenvalue weighted by molar-refractivity contribution is 6.05. The number of anilines is 1. The van der Waals surface area contributed by atoms with Gasteiger partial charge in [0.15, 0.2) is 0 Å². The van der Waals surface area contributed by atoms with Crippen LogP contribution in [0.2, 0.25) is 0 Å². The summed E-state index contributed by atoms with van der Waals surface area (Å²) in [7, 11) is 0. The van der Waals surface area contributed by atoms with Crippen LogP contribution in [-0.4, -0.2) is 6.54 Å². The van der Waals surface area contributed by atoms with Gasteiger partial charge in [0.05, 0.1) is 5.41 Å². The fourth-order valence-electron chi connectivity index (χ4n) is 9.03. The van der Waals surface area contributed by atoms with Crippen molar-refractivity contribution in [3.63, 3.8) is 0 Å². The van der Waals surface area contributed by atoms with E-state index in [0.29, 0.717) is 0 Å². The topological polar surface area (TPSA) is 29.3 Å². The van der Waals surface area contributed by atoms with Gasteiger partial charge >= 0.3 is 0 Å². The van der Waals surface area contributed by atoms with E-state index in [1.54, 1.807) is 6.20 Å². The van der Waals surface area contributed by atoms with Gasteiger partial charge in [0.25, 0.3) is 0 Å². The molecule has 4 aliphatic rings. The number of para-hydroxylation sites is 1. The molecule has 1 aliphatic heterocycles. The Morgan fingerprint density at radius 3 is 2.45 bits per heavy atom. The first-order valence-electron chi connectivity index (χ1n) is 19.7. The molecule has 2 unspecified atom stereocenters. The molecular formula is C54H48N2. The lowest BCUT2D eigenvalue weighted by atomic mass is 9.62. The summed E-state index contributed by atoms with van der Waals surface area (Å²) < 4.78 is 0. The molecule has 0 saturated heterocycles. The summed E-state index contributed by atoms with van der Waals surface area (Å²) in [5, 5.41) is 2.53. The van der Waals surface area contributed by atoms with Crippen molar-refractivity contribution in [2.24, 2.45) is 5.73 Å². The third kappa shape index (κ3) is 6.48. The van der Waals surface area contributed by atoms with Crippen molar-refractivity contribution in [1.82, 2.24) is 0 Å². The molecule has 0 fully saturated rings. The third-order valence-electron chi connectivity index (χ3n) is 11.3. The minimum atomic E-state index is -0.509. The van der Waals surface area contributed by atoms with E-state index in [2.05, 4.69) is 207 Å². The van der Waals surface area contributed by atoms with Crippen LogP contribution in [0.1, 0.15) is 47.9 Å². The zero-order chi connectivity index (χ0) is 38.3. The average molecular weight is 725 g/mol. The average Bonchev–Trinajstić information content (AvgIpc) is 3.51. The standard InChI is InChI=1S/C54H48N2/c1-3-4-5-22-39-56-50-34-18-16-32-47(50)54(48-33-17-19-35-51(48)56)46-31-15-13-28-43(52(40(2)23-20-21-38-55)42-25-8-6-9-26-42)27-10-7-11-30-45(46)53-44-29-14-12-24-41(44)36-37-49(53)54/h3-18,20-34,36-38,52H,2,19,35,39,55H2,1H3/b4-3-,10-7?,11-7?,15-13?,22-5-,23-20-,27-10?,28-13?,30-11?,31-15?,38-21-,43-27?,43-28?,45-30?,46-31?. The van der Waals surface area contributed by atoms with Crippen molar-refractivity contribution in [2.75, 3.05) is 11.4 Å². The van der Waals surface area contributed by atoms with Crippen LogP contribution in [0.25, 0.3) is 16.3 Å². The number of hydrogen-bond acceptors (Lipinski definition) is 2. The summed E-state index contributed by atoms with van der Waals surface area (Å²) in [5.41, 5.74) is 19.0. The summed E-state index contributed by atoms with van der Waals surface area (Å²) in [6, 6.07) is 33.3. The van der Waals surface area contributed by atoms with Gasteiger partial charge < -0.3 is 10.6 Å². The lowest BCUT2D eigenvalue weighted by Gasteiger charge is -2.47. The third-order valence-corrected chi connectivity index (χ3v) is 11.3. The van der Waals surface area contributed by atoms with Crippen molar-refractivity contribution >= 4 is 22.0 Å². The van der Waals surface area contributed by atoms with Crippen LogP contribution < -0.4 is 10.6 Å². The van der Waals surface area contributed by atoms with Gasteiger partial charge in [-0.05, 0) is 99.0 Å². The van der Waals surface area contributed by atoms with Gasteiger partial charge in [-0.1, -0.05) is 195 Å². The molecule has 2 nitrogen and oxygen atoms in total. The van der Waals surface area contributed by atoms with Gasteiger partial charge in [-0.25, -0.2) is 0 Å². The summed E-state index contributed by atoms with van der Waals surface area (Å²) >= 11 is 0. The van der Waals surface area contributed by atoms with Gasteiger partial charge in [0, 0.05) is 23.8 Å². The molecule has 56 heavy (non-hydrogen) atoms. The van der Waals surface area contributed by atoms with E-state index in [1.165, 1.54) is 61.1 Å². The molecule has 2 atom stereocenters. The number of benzene rings is 4. The van der Waals surface area contributed by atoms with Crippen LogP contribution in [0.15, 0.2) is 241 Å². The quantitative estimate of drug-likeness (QED) is 0.183. The molecule has 2 heteroatoms. The largest absolute Gasteiger partial charge is 0.405 e. The Morgan fingerprint density at radius 1 is 0.768 bits per heavy atom. The monoisotopic (exact) mass is 724 g/mol. The van der Waals surface area contributed by atoms with Gasteiger partial charge in [-0.3, -0.25) is 0 Å². The Labute approximate surface area is 332 Å². The zero-order valence-corrected chi connectivity index (χ0v) is 32.1. The Balaban J connectivity index is 1.35. The molecule has 0 amide bonds. The molecule has 4 aromatic rings. The Hall–Kier alpha value is -6.64. The van der Waals surface area contributed by atoms with E-state index in [0.717, 1.165) is 30.5 Å². The number of allylic oxidation sites excluding steroid dienone is 23. The normalized spacial score (nSPS) is 19.6. The van der Waals surface area contributed by atoms with Crippen molar-refractivity contribution in [1.29, 1.82) is 0 Å². The SMILES string of the molecule is C=C(/C=C\C=C/N)C(C1=CC=CC=CC2=C(C=CC=C1)C1(C3=C(CCC=C3)N(C/C=C\C=C/C)c3ccccc31)c1ccc3ccccc3c12)c1ccccc1. The van der Waals surface area contributed by atoms with Crippen molar-refractivity contribution < 1.29 is 0 Å². The molecule has 1 heterocycles. The van der Waals surface area contributed by atoms with Crippen LogP contribution in [-0.2, 0) is 5.41 Å². The second-order valence-electron chi connectivity index (χ2n) is 14.5. The molecule has 0 radical (unpaired) electrons. The lowest BCUT2D eigenvalue weighted by Crippen LogP contribution is -2.41. The number of nitrogens with zero attached hydrogens (tertiary/aromatic N) is 1. The van der Waals surface area contributed by atoms with E-state index in [-0.39, 0.29) is 5.92 Å². The first kappa shape index (κ1) is 36.3. The second kappa shape index (κ2) is 16.4. The molecule has 0 saturated carbocycles. The highest BCUT2D eigenvalue weighted by Crippen LogP contribution is 2.62. The summed E-state index contributed by atoms with van der Waals surface area (Å²) in [6.45, 7) is 7.40. The summed E-state index contributed by atoms with van der Waals surface area (Å²) in [4.78, 5) is 2.56. The van der Waals surface area contributed by atoms with E-state index in [9.17, 15) is 0 Å². The molecule has 8 rings (SSSR count). The molecule has 274 valence electrons. The Kier molecular flexibility index (Phi) is 10.6. The van der Waals surface area contributed by atoms with E-state index in [1.807, 2.05) is 12.2 Å². The van der Waals surface area contributed by atoms with Crippen molar-refractivity contribution in [3.8, 4) is 0 Å². The maximum atomic E-state index is 5.66. The van der Waals surface area contributed by atoms with Crippen molar-refractivity contribution in [2.45, 2.75) is 31.1 Å².